The molecule has 0 saturated heterocycles. The molecule has 132 valence electrons. The normalized spacial score (nSPS) is 23.7. The molecule has 3 aliphatic rings. The number of carboxylic acid groups (broad SMARTS) is 1. The van der Waals surface area contributed by atoms with E-state index in [4.69, 9.17) is 9.47 Å². The summed E-state index contributed by atoms with van der Waals surface area (Å²) in [5.41, 5.74) is 1.82. The average molecular weight is 351 g/mol. The van der Waals surface area contributed by atoms with Gasteiger partial charge in [0.05, 0.1) is 6.04 Å². The van der Waals surface area contributed by atoms with Gasteiger partial charge in [0.2, 0.25) is 6.79 Å². The van der Waals surface area contributed by atoms with Crippen LogP contribution in [-0.2, 0) is 4.79 Å². The van der Waals surface area contributed by atoms with Gasteiger partial charge in [-0.1, -0.05) is 24.3 Å². The van der Waals surface area contributed by atoms with Crippen LogP contribution in [0.4, 0.5) is 0 Å². The number of ether oxygens (including phenoxy) is 2. The fourth-order valence-corrected chi connectivity index (χ4v) is 4.02. The summed E-state index contributed by atoms with van der Waals surface area (Å²) < 4.78 is 10.8. The molecular formula is C20H17NO5. The lowest BCUT2D eigenvalue weighted by molar-refractivity contribution is -0.140. The van der Waals surface area contributed by atoms with Crippen molar-refractivity contribution in [2.45, 2.75) is 30.8 Å². The Balaban J connectivity index is 1.70. The summed E-state index contributed by atoms with van der Waals surface area (Å²) in [6.45, 7) is 0.153. The monoisotopic (exact) mass is 351 g/mol. The Hall–Kier alpha value is -3.02. The quantitative estimate of drug-likeness (QED) is 0.920. The second-order valence-electron chi connectivity index (χ2n) is 6.90. The molecular weight excluding hydrogens is 334 g/mol. The lowest BCUT2D eigenvalue weighted by Gasteiger charge is -2.41. The zero-order valence-corrected chi connectivity index (χ0v) is 13.9. The van der Waals surface area contributed by atoms with Crippen molar-refractivity contribution in [3.05, 3.63) is 59.2 Å². The fourth-order valence-electron chi connectivity index (χ4n) is 4.02. The number of fused-ring (bicyclic) bond motifs is 2. The zero-order chi connectivity index (χ0) is 17.8. The van der Waals surface area contributed by atoms with E-state index in [0.29, 0.717) is 22.6 Å². The van der Waals surface area contributed by atoms with Crippen molar-refractivity contribution in [3.8, 4) is 11.5 Å². The average Bonchev–Trinajstić information content (AvgIpc) is 3.37. The van der Waals surface area contributed by atoms with Crippen molar-refractivity contribution in [3.63, 3.8) is 0 Å². The van der Waals surface area contributed by atoms with Crippen molar-refractivity contribution >= 4 is 11.9 Å². The SMILES string of the molecule is O=C(O)[C@H]1c2ccccc2C(=O)N(C2CC2)[C@H]1c1ccc2c(c1)OCO2. The Morgan fingerprint density at radius 1 is 1.08 bits per heavy atom. The predicted octanol–water partition coefficient (Wildman–Crippen LogP) is 2.94. The molecule has 0 unspecified atom stereocenters. The number of carbonyl (C=O) groups is 2. The molecule has 1 N–H and O–H groups in total. The Kier molecular flexibility index (Phi) is 3.22. The maximum atomic E-state index is 13.2. The largest absolute Gasteiger partial charge is 0.481 e. The van der Waals surface area contributed by atoms with E-state index in [1.54, 1.807) is 41.3 Å². The van der Waals surface area contributed by atoms with E-state index in [0.717, 1.165) is 18.4 Å². The molecule has 2 atom stereocenters. The molecule has 2 aliphatic heterocycles. The molecule has 5 rings (SSSR count). The molecule has 6 heteroatoms. The first kappa shape index (κ1) is 15.3. The molecule has 1 saturated carbocycles. The zero-order valence-electron chi connectivity index (χ0n) is 13.9. The van der Waals surface area contributed by atoms with E-state index in [-0.39, 0.29) is 18.7 Å². The molecule has 2 aromatic carbocycles. The van der Waals surface area contributed by atoms with Crippen molar-refractivity contribution in [1.82, 2.24) is 4.90 Å². The molecule has 2 aromatic rings. The molecule has 2 heterocycles. The van der Waals surface area contributed by atoms with Crippen molar-refractivity contribution in [1.29, 1.82) is 0 Å². The summed E-state index contributed by atoms with van der Waals surface area (Å²) in [6, 6.07) is 12.0. The molecule has 26 heavy (non-hydrogen) atoms. The number of nitrogens with zero attached hydrogens (tertiary/aromatic N) is 1. The molecule has 6 nitrogen and oxygen atoms in total. The van der Waals surface area contributed by atoms with Crippen molar-refractivity contribution < 1.29 is 24.2 Å². The predicted molar refractivity (Wildman–Crippen MR) is 91.3 cm³/mol. The minimum Gasteiger partial charge on any atom is -0.481 e. The Morgan fingerprint density at radius 3 is 2.62 bits per heavy atom. The molecule has 1 amide bonds. The lowest BCUT2D eigenvalue weighted by Crippen LogP contribution is -2.46. The third-order valence-electron chi connectivity index (χ3n) is 5.32. The van der Waals surface area contributed by atoms with Gasteiger partial charge in [-0.3, -0.25) is 9.59 Å². The van der Waals surface area contributed by atoms with Crippen LogP contribution in [0.15, 0.2) is 42.5 Å². The van der Waals surface area contributed by atoms with E-state index in [1.165, 1.54) is 0 Å². The molecule has 1 aliphatic carbocycles. The van der Waals surface area contributed by atoms with Crippen molar-refractivity contribution in [2.75, 3.05) is 6.79 Å². The number of aliphatic carboxylic acids is 1. The van der Waals surface area contributed by atoms with Gasteiger partial charge >= 0.3 is 5.97 Å². The number of hydrogen-bond acceptors (Lipinski definition) is 4. The third kappa shape index (κ3) is 2.18. The highest BCUT2D eigenvalue weighted by Crippen LogP contribution is 2.49. The molecule has 0 aromatic heterocycles. The maximum Gasteiger partial charge on any atom is 0.313 e. The highest BCUT2D eigenvalue weighted by Gasteiger charge is 2.49. The number of carboxylic acids is 1. The van der Waals surface area contributed by atoms with Gasteiger partial charge in [0.25, 0.3) is 5.91 Å². The summed E-state index contributed by atoms with van der Waals surface area (Å²) >= 11 is 0. The smallest absolute Gasteiger partial charge is 0.313 e. The van der Waals surface area contributed by atoms with Crippen molar-refractivity contribution in [2.24, 2.45) is 0 Å². The van der Waals surface area contributed by atoms with Crippen LogP contribution in [-0.4, -0.2) is 34.7 Å². The highest BCUT2D eigenvalue weighted by molar-refractivity contribution is 6.00. The van der Waals surface area contributed by atoms with Crippen LogP contribution < -0.4 is 9.47 Å². The van der Waals surface area contributed by atoms with E-state index < -0.39 is 17.9 Å². The van der Waals surface area contributed by atoms with Crippen LogP contribution in [0.1, 0.15) is 46.3 Å². The summed E-state index contributed by atoms with van der Waals surface area (Å²) in [7, 11) is 0. The van der Waals surface area contributed by atoms with Gasteiger partial charge in [0, 0.05) is 11.6 Å². The van der Waals surface area contributed by atoms with E-state index in [2.05, 4.69) is 0 Å². The molecule has 0 bridgehead atoms. The number of hydrogen-bond donors (Lipinski definition) is 1. The Bertz CT molecular complexity index is 920. The number of benzene rings is 2. The van der Waals surface area contributed by atoms with Gasteiger partial charge < -0.3 is 19.5 Å². The summed E-state index contributed by atoms with van der Waals surface area (Å²) in [4.78, 5) is 27.2. The van der Waals surface area contributed by atoms with Crippen LogP contribution >= 0.6 is 0 Å². The summed E-state index contributed by atoms with van der Waals surface area (Å²) in [5.74, 6) is -0.610. The number of carbonyl (C=O) groups excluding carboxylic acids is 1. The van der Waals surface area contributed by atoms with Crippen LogP contribution in [0.5, 0.6) is 11.5 Å². The highest BCUT2D eigenvalue weighted by atomic mass is 16.7. The van der Waals surface area contributed by atoms with Gasteiger partial charge in [-0.15, -0.1) is 0 Å². The number of rotatable bonds is 3. The minimum atomic E-state index is -0.932. The van der Waals surface area contributed by atoms with Gasteiger partial charge in [-0.25, -0.2) is 0 Å². The standard InChI is InChI=1S/C20H17NO5/c22-19-14-4-2-1-3-13(14)17(20(23)24)18(21(19)12-6-7-12)11-5-8-15-16(9-11)26-10-25-15/h1-5,8-9,12,17-18H,6-7,10H2,(H,23,24)/t17-,18-/m0/s1. The van der Waals surface area contributed by atoms with Crippen LogP contribution in [0.25, 0.3) is 0 Å². The van der Waals surface area contributed by atoms with Gasteiger partial charge in [-0.2, -0.15) is 0 Å². The molecule has 1 fully saturated rings. The minimum absolute atomic E-state index is 0.0909. The first-order valence-corrected chi connectivity index (χ1v) is 8.69. The summed E-state index contributed by atoms with van der Waals surface area (Å²) in [6.07, 6.45) is 1.81. The second kappa shape index (κ2) is 5.49. The fraction of sp³-hybridized carbons (Fsp3) is 0.300. The summed E-state index contributed by atoms with van der Waals surface area (Å²) in [5, 5.41) is 10.0. The van der Waals surface area contributed by atoms with Gasteiger partial charge in [0.1, 0.15) is 5.92 Å². The van der Waals surface area contributed by atoms with Crippen LogP contribution in [0.2, 0.25) is 0 Å². The maximum absolute atomic E-state index is 13.2. The molecule has 0 radical (unpaired) electrons. The molecule has 0 spiro atoms. The third-order valence-corrected chi connectivity index (χ3v) is 5.32. The Labute approximate surface area is 149 Å². The topological polar surface area (TPSA) is 76.1 Å². The van der Waals surface area contributed by atoms with E-state index in [1.807, 2.05) is 6.07 Å². The van der Waals surface area contributed by atoms with E-state index in [9.17, 15) is 14.7 Å². The van der Waals surface area contributed by atoms with E-state index >= 15 is 0 Å². The lowest BCUT2D eigenvalue weighted by atomic mass is 9.79. The van der Waals surface area contributed by atoms with Gasteiger partial charge in [-0.05, 0) is 42.2 Å². The first-order chi connectivity index (χ1) is 12.6. The van der Waals surface area contributed by atoms with Crippen LogP contribution in [0.3, 0.4) is 0 Å². The first-order valence-electron chi connectivity index (χ1n) is 8.69. The second-order valence-corrected chi connectivity index (χ2v) is 6.90. The van der Waals surface area contributed by atoms with Gasteiger partial charge in [0.15, 0.2) is 11.5 Å². The van der Waals surface area contributed by atoms with Crippen LogP contribution in [0, 0.1) is 0 Å². The number of amides is 1. The Morgan fingerprint density at radius 2 is 1.85 bits per heavy atom.